The van der Waals surface area contributed by atoms with Crippen molar-refractivity contribution in [3.05, 3.63) is 59.3 Å². The number of carbonyl (C=O) groups excluding carboxylic acids is 1. The number of nitrogens with two attached hydrogens (primary N) is 1. The second-order valence-electron chi connectivity index (χ2n) is 8.59. The normalized spacial score (nSPS) is 15.3. The van der Waals surface area contributed by atoms with Crippen LogP contribution in [-0.4, -0.2) is 32.4 Å². The number of primary amides is 1. The summed E-state index contributed by atoms with van der Waals surface area (Å²) in [5.41, 5.74) is 10.0. The van der Waals surface area contributed by atoms with Crippen LogP contribution in [0.4, 0.5) is 5.69 Å². The molecule has 0 atom stereocenters. The minimum absolute atomic E-state index is 0.176. The van der Waals surface area contributed by atoms with Crippen LogP contribution < -0.4 is 10.6 Å². The molecule has 1 amide bonds. The van der Waals surface area contributed by atoms with Crippen LogP contribution in [0, 0.1) is 19.8 Å². The summed E-state index contributed by atoms with van der Waals surface area (Å²) in [7, 11) is -3.79. The Bertz CT molecular complexity index is 1290. The third-order valence-electron chi connectivity index (χ3n) is 6.57. The predicted octanol–water partition coefficient (Wildman–Crippen LogP) is 3.95. The lowest BCUT2D eigenvalue weighted by molar-refractivity contribution is -0.122. The molecule has 1 aliphatic heterocycles. The number of rotatable bonds is 5. The van der Waals surface area contributed by atoms with Crippen molar-refractivity contribution in [3.63, 3.8) is 0 Å². The molecule has 1 aromatic heterocycles. The zero-order valence-corrected chi connectivity index (χ0v) is 19.6. The Morgan fingerprint density at radius 1 is 1.09 bits per heavy atom. The molecule has 0 radical (unpaired) electrons. The molecule has 32 heavy (non-hydrogen) atoms. The fourth-order valence-corrected chi connectivity index (χ4v) is 5.86. The van der Waals surface area contributed by atoms with E-state index in [9.17, 15) is 13.2 Å². The van der Waals surface area contributed by atoms with Gasteiger partial charge in [0.05, 0.1) is 16.1 Å². The number of aryl methyl sites for hydroxylation is 3. The number of benzene rings is 2. The average Bonchev–Trinajstić information content (AvgIpc) is 2.79. The highest BCUT2D eigenvalue weighted by atomic mass is 32.2. The molecule has 7 heteroatoms. The first-order valence-electron chi connectivity index (χ1n) is 11.0. The fourth-order valence-electron chi connectivity index (χ4n) is 4.35. The maximum Gasteiger partial charge on any atom is 0.220 e. The molecule has 1 saturated heterocycles. The van der Waals surface area contributed by atoms with E-state index in [4.69, 9.17) is 5.73 Å². The number of sulfone groups is 1. The summed E-state index contributed by atoms with van der Waals surface area (Å²) in [6.07, 6.45) is 3.53. The first kappa shape index (κ1) is 22.3. The van der Waals surface area contributed by atoms with E-state index < -0.39 is 9.84 Å². The minimum Gasteiger partial charge on any atom is -0.370 e. The Labute approximate surface area is 189 Å². The molecule has 4 rings (SSSR count). The van der Waals surface area contributed by atoms with Crippen LogP contribution in [0.25, 0.3) is 10.9 Å². The van der Waals surface area contributed by atoms with Gasteiger partial charge in [-0.2, -0.15) is 0 Å². The van der Waals surface area contributed by atoms with Crippen LogP contribution in [0.5, 0.6) is 0 Å². The van der Waals surface area contributed by atoms with Crippen LogP contribution in [0.2, 0.25) is 0 Å². The van der Waals surface area contributed by atoms with Gasteiger partial charge in [-0.3, -0.25) is 9.78 Å². The molecular formula is C25H29N3O3S. The molecule has 2 aromatic carbocycles. The van der Waals surface area contributed by atoms with Crippen LogP contribution in [0.3, 0.4) is 0 Å². The summed E-state index contributed by atoms with van der Waals surface area (Å²) in [5, 5.41) is 0.826. The molecule has 168 valence electrons. The molecule has 0 bridgehead atoms. The van der Waals surface area contributed by atoms with Crippen molar-refractivity contribution >= 4 is 32.3 Å². The smallest absolute Gasteiger partial charge is 0.220 e. The Hall–Kier alpha value is -2.93. The van der Waals surface area contributed by atoms with Gasteiger partial charge in [0, 0.05) is 30.6 Å². The van der Waals surface area contributed by atoms with E-state index >= 15 is 0 Å². The predicted molar refractivity (Wildman–Crippen MR) is 127 cm³/mol. The first-order chi connectivity index (χ1) is 15.2. The molecule has 2 N–H and O–H groups in total. The number of hydrogen-bond donors (Lipinski definition) is 1. The molecule has 0 spiro atoms. The Morgan fingerprint density at radius 2 is 1.81 bits per heavy atom. The Balaban J connectivity index is 1.91. The molecule has 1 fully saturated rings. The number of carbonyl (C=O) groups is 1. The molecule has 0 aliphatic carbocycles. The monoisotopic (exact) mass is 451 g/mol. The summed E-state index contributed by atoms with van der Waals surface area (Å²) >= 11 is 0. The average molecular weight is 452 g/mol. The summed E-state index contributed by atoms with van der Waals surface area (Å²) in [4.78, 5) is 18.7. The number of amides is 1. The minimum atomic E-state index is -3.79. The van der Waals surface area contributed by atoms with Crippen molar-refractivity contribution in [3.8, 4) is 0 Å². The van der Waals surface area contributed by atoms with Gasteiger partial charge in [-0.15, -0.1) is 0 Å². The zero-order valence-electron chi connectivity index (χ0n) is 18.8. The van der Waals surface area contributed by atoms with E-state index in [1.165, 1.54) is 6.20 Å². The number of anilines is 1. The number of piperidine rings is 1. The van der Waals surface area contributed by atoms with Crippen LogP contribution >= 0.6 is 0 Å². The van der Waals surface area contributed by atoms with E-state index in [1.54, 1.807) is 12.1 Å². The largest absolute Gasteiger partial charge is 0.370 e. The SMILES string of the molecule is CCc1ccc2ncc(S(=O)(=O)c3ccc(C)c(C)c3)c(N3CCC(C(N)=O)CC3)c2c1. The lowest BCUT2D eigenvalue weighted by atomic mass is 9.95. The van der Waals surface area contributed by atoms with Gasteiger partial charge in [-0.1, -0.05) is 19.1 Å². The number of hydrogen-bond acceptors (Lipinski definition) is 5. The third-order valence-corrected chi connectivity index (χ3v) is 8.32. The second kappa shape index (κ2) is 8.54. The quantitative estimate of drug-likeness (QED) is 0.634. The highest BCUT2D eigenvalue weighted by Crippen LogP contribution is 2.38. The van der Waals surface area contributed by atoms with Gasteiger partial charge in [-0.25, -0.2) is 8.42 Å². The van der Waals surface area contributed by atoms with Gasteiger partial charge in [0.25, 0.3) is 0 Å². The summed E-state index contributed by atoms with van der Waals surface area (Å²) in [6.45, 7) is 7.08. The maximum atomic E-state index is 13.8. The molecule has 0 unspecified atom stereocenters. The third kappa shape index (κ3) is 3.97. The lowest BCUT2D eigenvalue weighted by Crippen LogP contribution is -2.39. The molecular weight excluding hydrogens is 422 g/mol. The molecule has 3 aromatic rings. The van der Waals surface area contributed by atoms with Gasteiger partial charge >= 0.3 is 0 Å². The number of aromatic nitrogens is 1. The standard InChI is InChI=1S/C25H29N3O3S/c1-4-18-6-8-22-21(14-18)24(28-11-9-19(10-12-28)25(26)29)23(15-27-22)32(30,31)20-7-5-16(2)17(3)13-20/h5-8,13-15,19H,4,9-12H2,1-3H3,(H2,26,29). The fraction of sp³-hybridized carbons (Fsp3) is 0.360. The van der Waals surface area contributed by atoms with Crippen molar-refractivity contribution in [2.75, 3.05) is 18.0 Å². The van der Waals surface area contributed by atoms with Gasteiger partial charge in [0.2, 0.25) is 15.7 Å². The molecule has 6 nitrogen and oxygen atoms in total. The van der Waals surface area contributed by atoms with E-state index in [-0.39, 0.29) is 21.6 Å². The maximum absolute atomic E-state index is 13.8. The second-order valence-corrected chi connectivity index (χ2v) is 10.5. The topological polar surface area (TPSA) is 93.4 Å². The van der Waals surface area contributed by atoms with E-state index in [0.29, 0.717) is 31.6 Å². The number of pyridine rings is 1. The van der Waals surface area contributed by atoms with Crippen LogP contribution in [0.15, 0.2) is 52.4 Å². The van der Waals surface area contributed by atoms with Crippen molar-refractivity contribution in [1.82, 2.24) is 4.98 Å². The zero-order chi connectivity index (χ0) is 23.0. The van der Waals surface area contributed by atoms with Gasteiger partial charge in [-0.05, 0) is 74.1 Å². The van der Waals surface area contributed by atoms with Crippen molar-refractivity contribution in [1.29, 1.82) is 0 Å². The van der Waals surface area contributed by atoms with Crippen molar-refractivity contribution in [2.24, 2.45) is 11.7 Å². The van der Waals surface area contributed by atoms with E-state index in [1.807, 2.05) is 38.1 Å². The Morgan fingerprint density at radius 3 is 2.44 bits per heavy atom. The summed E-state index contributed by atoms with van der Waals surface area (Å²) in [5.74, 6) is -0.467. The highest BCUT2D eigenvalue weighted by Gasteiger charge is 2.30. The number of fused-ring (bicyclic) bond motifs is 1. The lowest BCUT2D eigenvalue weighted by Gasteiger charge is -2.34. The first-order valence-corrected chi connectivity index (χ1v) is 12.5. The van der Waals surface area contributed by atoms with Crippen molar-refractivity contribution in [2.45, 2.75) is 49.8 Å². The van der Waals surface area contributed by atoms with Gasteiger partial charge in [0.1, 0.15) is 4.90 Å². The van der Waals surface area contributed by atoms with Crippen LogP contribution in [0.1, 0.15) is 36.5 Å². The van der Waals surface area contributed by atoms with E-state index in [2.05, 4.69) is 16.8 Å². The summed E-state index contributed by atoms with van der Waals surface area (Å²) < 4.78 is 27.6. The number of nitrogens with zero attached hydrogens (tertiary/aromatic N) is 2. The molecule has 0 saturated carbocycles. The van der Waals surface area contributed by atoms with Gasteiger partial charge in [0.15, 0.2) is 0 Å². The Kier molecular flexibility index (Phi) is 5.95. The molecule has 2 heterocycles. The van der Waals surface area contributed by atoms with Gasteiger partial charge < -0.3 is 10.6 Å². The highest BCUT2D eigenvalue weighted by molar-refractivity contribution is 7.91. The van der Waals surface area contributed by atoms with Crippen LogP contribution in [-0.2, 0) is 21.1 Å². The molecule has 1 aliphatic rings. The summed E-state index contributed by atoms with van der Waals surface area (Å²) in [6, 6.07) is 11.2. The van der Waals surface area contributed by atoms with Crippen molar-refractivity contribution < 1.29 is 13.2 Å². The van der Waals surface area contributed by atoms with E-state index in [0.717, 1.165) is 34.0 Å².